The number of nitrogens with zero attached hydrogens (tertiary/aromatic N) is 2. The molecule has 0 saturated carbocycles. The van der Waals surface area contributed by atoms with E-state index >= 15 is 0 Å². The van der Waals surface area contributed by atoms with Crippen LogP contribution in [0.1, 0.15) is 41.5 Å². The van der Waals surface area contributed by atoms with Crippen LogP contribution in [0.25, 0.3) is 11.0 Å². The molecular weight excluding hydrogens is 319 g/mol. The van der Waals surface area contributed by atoms with Crippen LogP contribution < -0.4 is 5.43 Å². The summed E-state index contributed by atoms with van der Waals surface area (Å²) >= 11 is 0. The van der Waals surface area contributed by atoms with Crippen molar-refractivity contribution in [3.63, 3.8) is 0 Å². The molecule has 6 heteroatoms. The van der Waals surface area contributed by atoms with Gasteiger partial charge in [0.1, 0.15) is 11.6 Å². The molecule has 0 bridgehead atoms. The van der Waals surface area contributed by atoms with E-state index in [9.17, 15) is 9.18 Å². The van der Waals surface area contributed by atoms with Gasteiger partial charge in [-0.05, 0) is 51.4 Å². The van der Waals surface area contributed by atoms with Crippen molar-refractivity contribution in [1.29, 1.82) is 0 Å². The van der Waals surface area contributed by atoms with Crippen LogP contribution in [0.15, 0.2) is 29.2 Å². The maximum Gasteiger partial charge on any atom is 0.187 e. The number of benzene rings is 1. The highest BCUT2D eigenvalue weighted by molar-refractivity contribution is 5.75. The van der Waals surface area contributed by atoms with Gasteiger partial charge in [0.15, 0.2) is 5.43 Å². The highest BCUT2D eigenvalue weighted by Gasteiger charge is 2.29. The maximum absolute atomic E-state index is 13.4. The Morgan fingerprint density at radius 1 is 1.36 bits per heavy atom. The second kappa shape index (κ2) is 6.11. The summed E-state index contributed by atoms with van der Waals surface area (Å²) in [6.07, 6.45) is 3.85. The Morgan fingerprint density at radius 3 is 3.04 bits per heavy atom. The van der Waals surface area contributed by atoms with Gasteiger partial charge in [0, 0.05) is 29.6 Å². The van der Waals surface area contributed by atoms with E-state index in [2.05, 4.69) is 19.9 Å². The molecule has 1 aliphatic heterocycles. The second-order valence-electron chi connectivity index (χ2n) is 6.82. The maximum atomic E-state index is 13.4. The van der Waals surface area contributed by atoms with E-state index in [1.54, 1.807) is 12.3 Å². The van der Waals surface area contributed by atoms with E-state index in [4.69, 9.17) is 0 Å². The van der Waals surface area contributed by atoms with Crippen LogP contribution >= 0.6 is 0 Å². The number of rotatable bonds is 3. The fourth-order valence-corrected chi connectivity index (χ4v) is 3.65. The first-order valence-electron chi connectivity index (χ1n) is 8.60. The highest BCUT2D eigenvalue weighted by atomic mass is 19.1. The molecule has 0 unspecified atom stereocenters. The van der Waals surface area contributed by atoms with Crippen LogP contribution in [-0.4, -0.2) is 26.4 Å². The van der Waals surface area contributed by atoms with Gasteiger partial charge in [-0.3, -0.25) is 9.69 Å². The monoisotopic (exact) mass is 340 g/mol. The topological polar surface area (TPSA) is 64.8 Å². The highest BCUT2D eigenvalue weighted by Crippen LogP contribution is 2.32. The molecule has 1 fully saturated rings. The van der Waals surface area contributed by atoms with E-state index < -0.39 is 0 Å². The van der Waals surface area contributed by atoms with Crippen molar-refractivity contribution < 1.29 is 4.39 Å². The Bertz CT molecular complexity index is 991. The summed E-state index contributed by atoms with van der Waals surface area (Å²) in [6, 6.07) is 4.76. The first-order chi connectivity index (χ1) is 12.0. The van der Waals surface area contributed by atoms with Gasteiger partial charge in [0.2, 0.25) is 0 Å². The molecule has 0 radical (unpaired) electrons. The van der Waals surface area contributed by atoms with E-state index in [0.29, 0.717) is 6.54 Å². The average Bonchev–Trinajstić information content (AvgIpc) is 3.21. The van der Waals surface area contributed by atoms with Gasteiger partial charge in [-0.2, -0.15) is 0 Å². The lowest BCUT2D eigenvalue weighted by Gasteiger charge is -2.23. The summed E-state index contributed by atoms with van der Waals surface area (Å²) < 4.78 is 13.4. The number of nitrogens with one attached hydrogen (secondary N) is 2. The number of aryl methyl sites for hydroxylation is 1. The zero-order chi connectivity index (χ0) is 17.6. The molecule has 25 heavy (non-hydrogen) atoms. The zero-order valence-electron chi connectivity index (χ0n) is 14.4. The molecule has 0 spiro atoms. The van der Waals surface area contributed by atoms with Gasteiger partial charge in [-0.25, -0.2) is 9.37 Å². The minimum Gasteiger partial charge on any atom is -0.363 e. The SMILES string of the molecule is Cc1c[nH]c(CN2CCC[C@@H]2c2nc3ccc(F)cc3[nH]2)c(C)c1=O. The predicted molar refractivity (Wildman–Crippen MR) is 95.0 cm³/mol. The Balaban J connectivity index is 1.64. The number of aromatic nitrogens is 3. The summed E-state index contributed by atoms with van der Waals surface area (Å²) in [7, 11) is 0. The normalized spacial score (nSPS) is 18.3. The van der Waals surface area contributed by atoms with Crippen LogP contribution in [0.5, 0.6) is 0 Å². The molecule has 5 nitrogen and oxygen atoms in total. The Kier molecular flexibility index (Phi) is 3.92. The largest absolute Gasteiger partial charge is 0.363 e. The molecule has 0 amide bonds. The number of hydrogen-bond acceptors (Lipinski definition) is 3. The number of aromatic amines is 2. The standard InChI is InChI=1S/C19H21FN4O/c1-11-9-21-16(12(2)18(11)25)10-24-7-3-4-17(24)19-22-14-6-5-13(20)8-15(14)23-19/h5-6,8-9,17H,3-4,7,10H2,1-2H3,(H,21,25)(H,22,23)/t17-/m1/s1. The first kappa shape index (κ1) is 16.0. The minimum atomic E-state index is -0.265. The number of imidazole rings is 1. The van der Waals surface area contributed by atoms with E-state index in [0.717, 1.165) is 53.1 Å². The quantitative estimate of drug-likeness (QED) is 0.768. The molecule has 1 saturated heterocycles. The lowest BCUT2D eigenvalue weighted by atomic mass is 10.1. The lowest BCUT2D eigenvalue weighted by molar-refractivity contribution is 0.237. The summed E-state index contributed by atoms with van der Waals surface area (Å²) in [5, 5.41) is 0. The van der Waals surface area contributed by atoms with Crippen LogP contribution in [0.2, 0.25) is 0 Å². The summed E-state index contributed by atoms with van der Waals surface area (Å²) in [4.78, 5) is 25.7. The minimum absolute atomic E-state index is 0.101. The molecular formula is C19H21FN4O. The molecule has 2 aromatic heterocycles. The summed E-state index contributed by atoms with van der Waals surface area (Å²) in [5.74, 6) is 0.601. The van der Waals surface area contributed by atoms with Gasteiger partial charge in [-0.15, -0.1) is 0 Å². The summed E-state index contributed by atoms with van der Waals surface area (Å²) in [6.45, 7) is 5.32. The predicted octanol–water partition coefficient (Wildman–Crippen LogP) is 3.34. The average molecular weight is 340 g/mol. The molecule has 1 aromatic carbocycles. The van der Waals surface area contributed by atoms with Crippen molar-refractivity contribution in [2.24, 2.45) is 0 Å². The van der Waals surface area contributed by atoms with Crippen molar-refractivity contribution in [3.8, 4) is 0 Å². The van der Waals surface area contributed by atoms with Crippen LogP contribution in [0.3, 0.4) is 0 Å². The third-order valence-corrected chi connectivity index (χ3v) is 5.12. The van der Waals surface area contributed by atoms with E-state index in [1.807, 2.05) is 13.8 Å². The second-order valence-corrected chi connectivity index (χ2v) is 6.82. The van der Waals surface area contributed by atoms with Crippen LogP contribution in [-0.2, 0) is 6.54 Å². The molecule has 3 aromatic rings. The number of pyridine rings is 1. The molecule has 130 valence electrons. The number of fused-ring (bicyclic) bond motifs is 1. The summed E-state index contributed by atoms with van der Waals surface area (Å²) in [5.41, 5.74) is 4.06. The number of H-pyrrole nitrogens is 2. The number of likely N-dealkylation sites (tertiary alicyclic amines) is 1. The van der Waals surface area contributed by atoms with Gasteiger partial charge in [0.05, 0.1) is 17.1 Å². The van der Waals surface area contributed by atoms with Crippen molar-refractivity contribution >= 4 is 11.0 Å². The van der Waals surface area contributed by atoms with Gasteiger partial charge in [0.25, 0.3) is 0 Å². The van der Waals surface area contributed by atoms with Gasteiger partial charge in [-0.1, -0.05) is 0 Å². The molecule has 1 atom stereocenters. The van der Waals surface area contributed by atoms with Crippen molar-refractivity contribution in [2.45, 2.75) is 39.3 Å². The van der Waals surface area contributed by atoms with Crippen molar-refractivity contribution in [2.75, 3.05) is 6.54 Å². The Labute approximate surface area is 144 Å². The first-order valence-corrected chi connectivity index (χ1v) is 8.60. The molecule has 0 aliphatic carbocycles. The zero-order valence-corrected chi connectivity index (χ0v) is 14.4. The Hall–Kier alpha value is -2.47. The molecule has 2 N–H and O–H groups in total. The van der Waals surface area contributed by atoms with E-state index in [1.165, 1.54) is 12.1 Å². The third-order valence-electron chi connectivity index (χ3n) is 5.12. The van der Waals surface area contributed by atoms with Crippen molar-refractivity contribution in [1.82, 2.24) is 19.9 Å². The Morgan fingerprint density at radius 2 is 2.20 bits per heavy atom. The fourth-order valence-electron chi connectivity index (χ4n) is 3.65. The van der Waals surface area contributed by atoms with Crippen LogP contribution in [0.4, 0.5) is 4.39 Å². The van der Waals surface area contributed by atoms with Crippen molar-refractivity contribution in [3.05, 3.63) is 63.1 Å². The third kappa shape index (κ3) is 2.87. The lowest BCUT2D eigenvalue weighted by Crippen LogP contribution is -2.26. The van der Waals surface area contributed by atoms with Gasteiger partial charge < -0.3 is 9.97 Å². The molecule has 4 rings (SSSR count). The molecule has 1 aliphatic rings. The smallest absolute Gasteiger partial charge is 0.187 e. The number of hydrogen-bond donors (Lipinski definition) is 2. The number of halogens is 1. The molecule has 3 heterocycles. The van der Waals surface area contributed by atoms with Crippen LogP contribution in [0, 0.1) is 19.7 Å². The fraction of sp³-hybridized carbons (Fsp3) is 0.368. The van der Waals surface area contributed by atoms with E-state index in [-0.39, 0.29) is 17.3 Å². The van der Waals surface area contributed by atoms with Gasteiger partial charge >= 0.3 is 0 Å².